The van der Waals surface area contributed by atoms with E-state index in [1.54, 1.807) is 17.0 Å². The van der Waals surface area contributed by atoms with E-state index in [1.165, 1.54) is 12.2 Å². The third-order valence-corrected chi connectivity index (χ3v) is 5.94. The van der Waals surface area contributed by atoms with Crippen molar-refractivity contribution in [1.29, 1.82) is 0 Å². The quantitative estimate of drug-likeness (QED) is 0.697. The van der Waals surface area contributed by atoms with Crippen LogP contribution in [0.3, 0.4) is 0 Å². The molecule has 0 radical (unpaired) electrons. The molecule has 2 aliphatic rings. The van der Waals surface area contributed by atoms with Crippen LogP contribution in [0.4, 0.5) is 11.4 Å². The molecule has 2 aliphatic heterocycles. The predicted octanol–water partition coefficient (Wildman–Crippen LogP) is 3.50. The summed E-state index contributed by atoms with van der Waals surface area (Å²) >= 11 is 3.34. The number of hydrogen-bond donors (Lipinski definition) is 2. The van der Waals surface area contributed by atoms with Gasteiger partial charge in [0, 0.05) is 41.0 Å². The van der Waals surface area contributed by atoms with Crippen molar-refractivity contribution in [3.63, 3.8) is 0 Å². The monoisotopic (exact) mass is 453 g/mol. The summed E-state index contributed by atoms with van der Waals surface area (Å²) in [6, 6.07) is 14.8. The minimum atomic E-state index is -0.891. The maximum absolute atomic E-state index is 12.9. The van der Waals surface area contributed by atoms with E-state index in [4.69, 9.17) is 0 Å². The number of rotatable bonds is 3. The first-order valence-electron chi connectivity index (χ1n) is 9.43. The molecular formula is C22H20BrN3O3. The molecule has 2 aromatic carbocycles. The molecule has 0 saturated carbocycles. The highest BCUT2D eigenvalue weighted by Crippen LogP contribution is 2.39. The summed E-state index contributed by atoms with van der Waals surface area (Å²) in [5.41, 5.74) is 1.56. The van der Waals surface area contributed by atoms with E-state index in [9.17, 15) is 14.4 Å². The van der Waals surface area contributed by atoms with Gasteiger partial charge in [-0.25, -0.2) is 0 Å². The van der Waals surface area contributed by atoms with Gasteiger partial charge in [-0.2, -0.15) is 0 Å². The Balaban J connectivity index is 1.48. The second kappa shape index (κ2) is 7.83. The number of hydrogen-bond acceptors (Lipinski definition) is 3. The summed E-state index contributed by atoms with van der Waals surface area (Å²) in [6.07, 6.45) is 4.30. The van der Waals surface area contributed by atoms with Crippen LogP contribution in [0.5, 0.6) is 0 Å². The lowest BCUT2D eigenvalue weighted by molar-refractivity contribution is -0.139. The first-order chi connectivity index (χ1) is 14.0. The molecule has 3 amide bonds. The molecule has 4 rings (SSSR count). The highest BCUT2D eigenvalue weighted by molar-refractivity contribution is 9.10. The van der Waals surface area contributed by atoms with Crippen molar-refractivity contribution in [2.75, 3.05) is 17.2 Å². The van der Waals surface area contributed by atoms with Gasteiger partial charge in [-0.05, 0) is 48.7 Å². The number of para-hydroxylation sites is 1. The van der Waals surface area contributed by atoms with Crippen LogP contribution in [0.15, 0.2) is 65.2 Å². The van der Waals surface area contributed by atoms with Gasteiger partial charge in [0.05, 0.1) is 0 Å². The van der Waals surface area contributed by atoms with Crippen LogP contribution < -0.4 is 10.6 Å². The summed E-state index contributed by atoms with van der Waals surface area (Å²) in [5, 5.41) is 5.65. The van der Waals surface area contributed by atoms with Gasteiger partial charge in [-0.1, -0.05) is 34.1 Å². The Morgan fingerprint density at radius 1 is 1.10 bits per heavy atom. The SMILES string of the molecule is O=C(C=CC(=O)N1CCCC12Cc1ccccc1NC2=O)Nc1ccc(Br)cc1. The number of fused-ring (bicyclic) bond motifs is 1. The number of anilines is 2. The van der Waals surface area contributed by atoms with Gasteiger partial charge >= 0.3 is 0 Å². The van der Waals surface area contributed by atoms with Gasteiger partial charge in [0.2, 0.25) is 11.8 Å². The minimum absolute atomic E-state index is 0.158. The van der Waals surface area contributed by atoms with Gasteiger partial charge in [0.1, 0.15) is 5.54 Å². The van der Waals surface area contributed by atoms with Crippen LogP contribution in [0, 0.1) is 0 Å². The van der Waals surface area contributed by atoms with Gasteiger partial charge in [-0.3, -0.25) is 14.4 Å². The summed E-state index contributed by atoms with van der Waals surface area (Å²) < 4.78 is 0.910. The highest BCUT2D eigenvalue weighted by atomic mass is 79.9. The van der Waals surface area contributed by atoms with Crippen LogP contribution in [0.25, 0.3) is 0 Å². The van der Waals surface area contributed by atoms with E-state index in [1.807, 2.05) is 36.4 Å². The van der Waals surface area contributed by atoms with Crippen LogP contribution in [-0.2, 0) is 20.8 Å². The lowest BCUT2D eigenvalue weighted by Crippen LogP contribution is -2.58. The largest absolute Gasteiger partial charge is 0.324 e. The van der Waals surface area contributed by atoms with Crippen molar-refractivity contribution < 1.29 is 14.4 Å². The molecule has 2 heterocycles. The molecular weight excluding hydrogens is 434 g/mol. The maximum atomic E-state index is 12.9. The Hall–Kier alpha value is -2.93. The summed E-state index contributed by atoms with van der Waals surface area (Å²) in [6.45, 7) is 0.493. The predicted molar refractivity (Wildman–Crippen MR) is 114 cm³/mol. The molecule has 1 spiro atoms. The van der Waals surface area contributed by atoms with Gasteiger partial charge in [0.15, 0.2) is 0 Å². The minimum Gasteiger partial charge on any atom is -0.324 e. The second-order valence-corrected chi connectivity index (χ2v) is 8.16. The fourth-order valence-electron chi connectivity index (χ4n) is 4.00. The Kier molecular flexibility index (Phi) is 5.24. The van der Waals surface area contributed by atoms with Crippen molar-refractivity contribution in [3.8, 4) is 0 Å². The molecule has 1 saturated heterocycles. The average molecular weight is 454 g/mol. The van der Waals surface area contributed by atoms with Crippen LogP contribution in [0.1, 0.15) is 18.4 Å². The van der Waals surface area contributed by atoms with E-state index in [0.29, 0.717) is 25.1 Å². The number of benzene rings is 2. The molecule has 2 aromatic rings. The number of carbonyl (C=O) groups is 3. The standard InChI is InChI=1S/C22H20BrN3O3/c23-16-6-8-17(9-7-16)24-19(27)10-11-20(28)26-13-3-12-22(26)14-15-4-1-2-5-18(15)25-21(22)29/h1-2,4-11H,3,12-14H2,(H,24,27)(H,25,29). The second-order valence-electron chi connectivity index (χ2n) is 7.24. The Bertz CT molecular complexity index is 1000. The van der Waals surface area contributed by atoms with Crippen LogP contribution in [-0.4, -0.2) is 34.7 Å². The number of halogens is 1. The number of carbonyl (C=O) groups excluding carboxylic acids is 3. The van der Waals surface area contributed by atoms with E-state index >= 15 is 0 Å². The lowest BCUT2D eigenvalue weighted by Gasteiger charge is -2.40. The summed E-state index contributed by atoms with van der Waals surface area (Å²) in [7, 11) is 0. The number of amides is 3. The first-order valence-corrected chi connectivity index (χ1v) is 10.2. The van der Waals surface area contributed by atoms with Crippen molar-refractivity contribution in [1.82, 2.24) is 4.90 Å². The Morgan fingerprint density at radius 2 is 1.86 bits per heavy atom. The van der Waals surface area contributed by atoms with Crippen molar-refractivity contribution in [3.05, 3.63) is 70.7 Å². The molecule has 1 unspecified atom stereocenters. The molecule has 2 N–H and O–H groups in total. The zero-order valence-corrected chi connectivity index (χ0v) is 17.2. The molecule has 6 nitrogen and oxygen atoms in total. The fourth-order valence-corrected chi connectivity index (χ4v) is 4.27. The number of nitrogens with zero attached hydrogens (tertiary/aromatic N) is 1. The number of nitrogens with one attached hydrogen (secondary N) is 2. The van der Waals surface area contributed by atoms with Crippen molar-refractivity contribution in [2.45, 2.75) is 24.8 Å². The Labute approximate surface area is 177 Å². The van der Waals surface area contributed by atoms with E-state index in [-0.39, 0.29) is 11.8 Å². The van der Waals surface area contributed by atoms with Crippen molar-refractivity contribution >= 4 is 45.0 Å². The molecule has 0 bridgehead atoms. The average Bonchev–Trinajstić information content (AvgIpc) is 3.13. The molecule has 29 heavy (non-hydrogen) atoms. The third-order valence-electron chi connectivity index (χ3n) is 5.41. The summed E-state index contributed by atoms with van der Waals surface area (Å²) in [4.78, 5) is 39.5. The molecule has 1 fully saturated rings. The van der Waals surface area contributed by atoms with E-state index < -0.39 is 11.4 Å². The van der Waals surface area contributed by atoms with Gasteiger partial charge in [-0.15, -0.1) is 0 Å². The Morgan fingerprint density at radius 3 is 2.66 bits per heavy atom. The highest BCUT2D eigenvalue weighted by Gasteiger charge is 2.51. The van der Waals surface area contributed by atoms with E-state index in [2.05, 4.69) is 26.6 Å². The zero-order chi connectivity index (χ0) is 20.4. The molecule has 0 aliphatic carbocycles. The lowest BCUT2D eigenvalue weighted by atomic mass is 9.83. The van der Waals surface area contributed by atoms with Crippen LogP contribution >= 0.6 is 15.9 Å². The normalized spacial score (nSPS) is 20.6. The first kappa shape index (κ1) is 19.4. The zero-order valence-electron chi connectivity index (χ0n) is 15.7. The molecule has 148 valence electrons. The molecule has 7 heteroatoms. The van der Waals surface area contributed by atoms with Gasteiger partial charge in [0.25, 0.3) is 5.91 Å². The van der Waals surface area contributed by atoms with E-state index in [0.717, 1.165) is 22.1 Å². The third kappa shape index (κ3) is 3.82. The smallest absolute Gasteiger partial charge is 0.250 e. The molecule has 0 aromatic heterocycles. The van der Waals surface area contributed by atoms with Crippen LogP contribution in [0.2, 0.25) is 0 Å². The fraction of sp³-hybridized carbons (Fsp3) is 0.227. The molecule has 1 atom stereocenters. The van der Waals surface area contributed by atoms with Crippen molar-refractivity contribution in [2.24, 2.45) is 0 Å². The number of likely N-dealkylation sites (tertiary alicyclic amines) is 1. The summed E-state index contributed by atoms with van der Waals surface area (Å²) in [5.74, 6) is -0.884. The topological polar surface area (TPSA) is 78.5 Å². The van der Waals surface area contributed by atoms with Gasteiger partial charge < -0.3 is 15.5 Å². The maximum Gasteiger partial charge on any atom is 0.250 e.